The number of amides is 1. The molecular weight excluding hydrogens is 875 g/mol. The van der Waals surface area contributed by atoms with Gasteiger partial charge in [-0.2, -0.15) is 0 Å². The van der Waals surface area contributed by atoms with Crippen LogP contribution in [0.5, 0.6) is 0 Å². The molecular formula is C53H83NO14. The van der Waals surface area contributed by atoms with Crippen LogP contribution in [-0.4, -0.2) is 143 Å². The molecule has 0 aromatic heterocycles. The number of fused-ring (bicyclic) bond motifs is 3. The van der Waals surface area contributed by atoms with Crippen LogP contribution in [0.15, 0.2) is 47.6 Å². The minimum absolute atomic E-state index is 0.0123. The molecule has 1 saturated carbocycles. The Morgan fingerprint density at radius 1 is 0.882 bits per heavy atom. The number of aliphatic hydroxyl groups is 4. The first-order valence-corrected chi connectivity index (χ1v) is 25.1. The lowest BCUT2D eigenvalue weighted by Gasteiger charge is -2.42. The number of carbonyl (C=O) groups is 5. The number of carbonyl (C=O) groups excluding carboxylic acids is 5. The number of nitrogens with zero attached hydrogens (tertiary/aromatic N) is 1. The molecule has 0 aromatic rings. The Labute approximate surface area is 404 Å². The standard InChI is InChI=1S/C53H83NO14/c1-32-16-11-10-12-17-33(2)45(64-8)28-42-22-21-38(7)53(63,68-42)50(60)51(61)54-23-14-13-20-43(54)52(62)67-46(35(4)26-39-18-15-19-41(27-39)66-31-40(56)30-55)29-44(57)34(3)25-37(6)48(59)49(65-9)47(58)36(5)24-32/h10-12,16-17,25,32,34-36,38-43,45-46,48-49,55-56,59,63H,13-15,18-24,26-31H2,1-9H3/b12-10+,16-11+,33-17+,37-25+/t32-,34-,35-,36-,38-,39?,40+,41+,42+,43+,45+,46+,48-,49+,53-/m1/s1. The third kappa shape index (κ3) is 15.8. The highest BCUT2D eigenvalue weighted by Gasteiger charge is 2.53. The molecule has 0 aromatic carbocycles. The smallest absolute Gasteiger partial charge is 0.329 e. The largest absolute Gasteiger partial charge is 0.460 e. The van der Waals surface area contributed by atoms with Gasteiger partial charge in [-0.25, -0.2) is 4.79 Å². The molecule has 15 nitrogen and oxygen atoms in total. The highest BCUT2D eigenvalue weighted by Crippen LogP contribution is 2.38. The third-order valence-electron chi connectivity index (χ3n) is 14.8. The molecule has 0 radical (unpaired) electrons. The van der Waals surface area contributed by atoms with Crippen LogP contribution in [0.4, 0.5) is 0 Å². The van der Waals surface area contributed by atoms with Crippen molar-refractivity contribution >= 4 is 29.2 Å². The molecule has 15 atom stereocenters. The van der Waals surface area contributed by atoms with Crippen molar-refractivity contribution < 1.29 is 68.1 Å². The number of cyclic esters (lactones) is 1. The van der Waals surface area contributed by atoms with Gasteiger partial charge in [-0.15, -0.1) is 0 Å². The van der Waals surface area contributed by atoms with Gasteiger partial charge in [0.15, 0.2) is 5.78 Å². The number of hydrogen-bond donors (Lipinski definition) is 4. The van der Waals surface area contributed by atoms with E-state index in [4.69, 9.17) is 23.7 Å². The molecule has 1 aliphatic carbocycles. The number of aliphatic hydroxyl groups excluding tert-OH is 3. The average molecular weight is 958 g/mol. The molecule has 3 fully saturated rings. The van der Waals surface area contributed by atoms with Crippen molar-refractivity contribution in [2.45, 2.75) is 186 Å². The van der Waals surface area contributed by atoms with Crippen molar-refractivity contribution in [2.24, 2.45) is 35.5 Å². The second-order valence-electron chi connectivity index (χ2n) is 20.4. The fourth-order valence-electron chi connectivity index (χ4n) is 10.4. The summed E-state index contributed by atoms with van der Waals surface area (Å²) < 4.78 is 29.8. The molecule has 1 amide bonds. The van der Waals surface area contributed by atoms with Crippen molar-refractivity contribution in [3.05, 3.63) is 47.6 Å². The molecule has 15 heteroatoms. The zero-order valence-corrected chi connectivity index (χ0v) is 42.2. The molecule has 3 aliphatic heterocycles. The summed E-state index contributed by atoms with van der Waals surface area (Å²) in [5, 5.41) is 42.6. The average Bonchev–Trinajstić information content (AvgIpc) is 3.32. The molecule has 4 aliphatic rings. The van der Waals surface area contributed by atoms with E-state index < -0.39 is 90.5 Å². The van der Waals surface area contributed by atoms with Gasteiger partial charge >= 0.3 is 5.97 Å². The first-order chi connectivity index (χ1) is 32.2. The van der Waals surface area contributed by atoms with Gasteiger partial charge in [0.05, 0.1) is 31.5 Å². The second-order valence-corrected chi connectivity index (χ2v) is 20.4. The van der Waals surface area contributed by atoms with E-state index in [1.54, 1.807) is 34.0 Å². The Kier molecular flexibility index (Phi) is 22.9. The van der Waals surface area contributed by atoms with Crippen molar-refractivity contribution in [2.75, 3.05) is 34.0 Å². The molecule has 3 heterocycles. The Bertz CT molecular complexity index is 1810. The van der Waals surface area contributed by atoms with Gasteiger partial charge < -0.3 is 49.0 Å². The SMILES string of the molecule is CO[C@H]1C[C@@H]2CC[C@@H](C)[C@@](O)(O2)C(=O)C(=O)N2CCCC[C@H]2C(=O)O[C@H]([C@H](C)CC2CCC[C@H](OC[C@@H](O)CO)C2)CC(=O)[C@H](C)/C=C(\C)[C@@H](O)[C@@H](OC)C(=O)[C@H](C)C[C@H](C)/C=C/C=C/C=C/1C. The predicted molar refractivity (Wildman–Crippen MR) is 256 cm³/mol. The number of methoxy groups -OCH3 is 2. The van der Waals surface area contributed by atoms with E-state index in [9.17, 15) is 44.4 Å². The number of piperidine rings is 1. The van der Waals surface area contributed by atoms with Gasteiger partial charge in [0.1, 0.15) is 36.2 Å². The summed E-state index contributed by atoms with van der Waals surface area (Å²) in [6.45, 7) is 12.3. The van der Waals surface area contributed by atoms with Crippen molar-refractivity contribution in [3.8, 4) is 0 Å². The van der Waals surface area contributed by atoms with E-state index in [1.165, 1.54) is 12.0 Å². The predicted octanol–water partition coefficient (Wildman–Crippen LogP) is 5.93. The number of allylic oxidation sites excluding steroid dienone is 6. The number of ether oxygens (including phenoxy) is 5. The highest BCUT2D eigenvalue weighted by molar-refractivity contribution is 6.39. The van der Waals surface area contributed by atoms with Gasteiger partial charge in [0.2, 0.25) is 5.79 Å². The number of ketones is 3. The maximum atomic E-state index is 14.4. The zero-order valence-electron chi connectivity index (χ0n) is 42.2. The van der Waals surface area contributed by atoms with Gasteiger partial charge in [-0.3, -0.25) is 19.2 Å². The van der Waals surface area contributed by atoms with Crippen LogP contribution in [-0.2, 0) is 47.7 Å². The lowest BCUT2D eigenvalue weighted by Crippen LogP contribution is -2.61. The zero-order chi connectivity index (χ0) is 50.3. The Morgan fingerprint density at radius 2 is 1.62 bits per heavy atom. The Morgan fingerprint density at radius 3 is 2.31 bits per heavy atom. The molecule has 4 N–H and O–H groups in total. The van der Waals surface area contributed by atoms with Crippen LogP contribution in [0.2, 0.25) is 0 Å². The first kappa shape index (κ1) is 57.2. The molecule has 68 heavy (non-hydrogen) atoms. The van der Waals surface area contributed by atoms with E-state index in [0.717, 1.165) is 24.8 Å². The Hall–Kier alpha value is -3.41. The molecule has 2 bridgehead atoms. The maximum Gasteiger partial charge on any atom is 0.329 e. The Balaban J connectivity index is 1.69. The maximum absolute atomic E-state index is 14.4. The molecule has 384 valence electrons. The lowest BCUT2D eigenvalue weighted by molar-refractivity contribution is -0.265. The molecule has 1 unspecified atom stereocenters. The van der Waals surface area contributed by atoms with Crippen molar-refractivity contribution in [1.82, 2.24) is 4.90 Å². The minimum Gasteiger partial charge on any atom is -0.460 e. The van der Waals surface area contributed by atoms with Crippen LogP contribution in [0.1, 0.15) is 132 Å². The van der Waals surface area contributed by atoms with Gasteiger partial charge in [0.25, 0.3) is 11.7 Å². The van der Waals surface area contributed by atoms with Crippen molar-refractivity contribution in [3.63, 3.8) is 0 Å². The van der Waals surface area contributed by atoms with Gasteiger partial charge in [-0.1, -0.05) is 83.9 Å². The summed E-state index contributed by atoms with van der Waals surface area (Å²) in [5.74, 6) is -8.01. The highest BCUT2D eigenvalue weighted by atomic mass is 16.6. The second kappa shape index (κ2) is 27.3. The summed E-state index contributed by atoms with van der Waals surface area (Å²) in [6, 6.07) is -1.15. The van der Waals surface area contributed by atoms with E-state index in [-0.39, 0.29) is 61.4 Å². The number of rotatable bonds is 9. The summed E-state index contributed by atoms with van der Waals surface area (Å²) in [7, 11) is 2.95. The molecule has 0 spiro atoms. The fraction of sp³-hybridized carbons (Fsp3) is 0.755. The van der Waals surface area contributed by atoms with Crippen LogP contribution >= 0.6 is 0 Å². The van der Waals surface area contributed by atoms with E-state index in [1.807, 2.05) is 58.1 Å². The van der Waals surface area contributed by atoms with Crippen LogP contribution in [0.3, 0.4) is 0 Å². The summed E-state index contributed by atoms with van der Waals surface area (Å²) in [5.41, 5.74) is 1.26. The van der Waals surface area contributed by atoms with Crippen LogP contribution < -0.4 is 0 Å². The van der Waals surface area contributed by atoms with E-state index >= 15 is 0 Å². The summed E-state index contributed by atoms with van der Waals surface area (Å²) in [6.07, 6.45) is 12.3. The normalized spacial score (nSPS) is 38.5. The third-order valence-corrected chi connectivity index (χ3v) is 14.8. The number of hydrogen-bond acceptors (Lipinski definition) is 14. The van der Waals surface area contributed by atoms with Crippen molar-refractivity contribution in [1.29, 1.82) is 0 Å². The van der Waals surface area contributed by atoms with E-state index in [0.29, 0.717) is 56.9 Å². The minimum atomic E-state index is -2.44. The monoisotopic (exact) mass is 958 g/mol. The molecule has 2 saturated heterocycles. The molecule has 4 rings (SSSR count). The summed E-state index contributed by atoms with van der Waals surface area (Å²) >= 11 is 0. The van der Waals surface area contributed by atoms with Gasteiger partial charge in [-0.05, 0) is 101 Å². The van der Waals surface area contributed by atoms with Crippen LogP contribution in [0.25, 0.3) is 0 Å². The fourth-order valence-corrected chi connectivity index (χ4v) is 10.4. The quantitative estimate of drug-likeness (QED) is 0.120. The topological polar surface area (TPSA) is 216 Å². The number of Topliss-reactive ketones (excluding diaryl/α,β-unsaturated/α-hetero) is 3. The van der Waals surface area contributed by atoms with Gasteiger partial charge in [0, 0.05) is 51.4 Å². The van der Waals surface area contributed by atoms with E-state index in [2.05, 4.69) is 0 Å². The summed E-state index contributed by atoms with van der Waals surface area (Å²) in [4.78, 5) is 72.1. The lowest BCUT2D eigenvalue weighted by atomic mass is 9.79. The number of esters is 1. The first-order valence-electron chi connectivity index (χ1n) is 25.1. The van der Waals surface area contributed by atoms with Crippen LogP contribution in [0, 0.1) is 35.5 Å².